The van der Waals surface area contributed by atoms with Gasteiger partial charge in [0.25, 0.3) is 11.8 Å². The van der Waals surface area contributed by atoms with Gasteiger partial charge in [-0.05, 0) is 55.7 Å². The molecule has 0 bridgehead atoms. The van der Waals surface area contributed by atoms with Crippen molar-refractivity contribution < 1.29 is 22.8 Å². The minimum atomic E-state index is -4.55. The van der Waals surface area contributed by atoms with E-state index in [9.17, 15) is 22.8 Å². The van der Waals surface area contributed by atoms with Crippen LogP contribution in [0.4, 0.5) is 30.4 Å². The van der Waals surface area contributed by atoms with Crippen molar-refractivity contribution in [2.75, 3.05) is 16.0 Å². The molecule has 1 aliphatic rings. The standard InChI is InChI=1S/C27H24F3N5O2S/c1-15-9-10-19(34-25(36)16-5-4-6-17(11-16)27(28,29)30)12-21(15)35-26(37)20-13-38-23-22(20)31-14-32-24(23)33-18-7-2-3-8-18/h4-6,9-14,18H,2-3,7-8H2,1H3,(H,34,36)(H,35,37)(H,31,32,33). The van der Waals surface area contributed by atoms with E-state index in [1.54, 1.807) is 30.5 Å². The lowest BCUT2D eigenvalue weighted by Crippen LogP contribution is -2.16. The second-order valence-corrected chi connectivity index (χ2v) is 10.1. The Morgan fingerprint density at radius 1 is 1.00 bits per heavy atom. The molecule has 7 nitrogen and oxygen atoms in total. The molecule has 196 valence electrons. The van der Waals surface area contributed by atoms with Gasteiger partial charge in [0.05, 0.1) is 21.3 Å². The third-order valence-electron chi connectivity index (χ3n) is 6.49. The Morgan fingerprint density at radius 2 is 1.79 bits per heavy atom. The fourth-order valence-corrected chi connectivity index (χ4v) is 5.39. The lowest BCUT2D eigenvalue weighted by molar-refractivity contribution is -0.137. The van der Waals surface area contributed by atoms with Crippen LogP contribution in [0.2, 0.25) is 0 Å². The van der Waals surface area contributed by atoms with E-state index in [0.29, 0.717) is 28.5 Å². The largest absolute Gasteiger partial charge is 0.416 e. The summed E-state index contributed by atoms with van der Waals surface area (Å²) in [7, 11) is 0. The molecule has 0 atom stereocenters. The summed E-state index contributed by atoms with van der Waals surface area (Å²) in [6.45, 7) is 1.80. The molecule has 0 aliphatic heterocycles. The number of aromatic nitrogens is 2. The molecule has 4 aromatic rings. The van der Waals surface area contributed by atoms with Gasteiger partial charge in [0.15, 0.2) is 0 Å². The number of halogens is 3. The lowest BCUT2D eigenvalue weighted by Gasteiger charge is -2.13. The molecule has 2 aromatic carbocycles. The second-order valence-electron chi connectivity index (χ2n) is 9.19. The molecule has 11 heteroatoms. The number of anilines is 3. The molecule has 0 saturated heterocycles. The molecule has 1 aliphatic carbocycles. The zero-order valence-electron chi connectivity index (χ0n) is 20.4. The van der Waals surface area contributed by atoms with Crippen molar-refractivity contribution in [1.29, 1.82) is 0 Å². The van der Waals surface area contributed by atoms with Gasteiger partial charge in [0.1, 0.15) is 12.1 Å². The molecular weight excluding hydrogens is 515 g/mol. The molecule has 1 fully saturated rings. The molecule has 0 unspecified atom stereocenters. The average Bonchev–Trinajstić information content (AvgIpc) is 3.56. The maximum absolute atomic E-state index is 13.2. The number of nitrogens with zero attached hydrogens (tertiary/aromatic N) is 2. The topological polar surface area (TPSA) is 96.0 Å². The first-order chi connectivity index (χ1) is 18.2. The number of hydrogen-bond donors (Lipinski definition) is 3. The van der Waals surface area contributed by atoms with Gasteiger partial charge in [0, 0.05) is 28.4 Å². The summed E-state index contributed by atoms with van der Waals surface area (Å²) in [6.07, 6.45) is 1.43. The first-order valence-corrected chi connectivity index (χ1v) is 13.0. The van der Waals surface area contributed by atoms with Crippen LogP contribution >= 0.6 is 11.3 Å². The zero-order valence-corrected chi connectivity index (χ0v) is 21.2. The molecule has 3 N–H and O–H groups in total. The number of alkyl halides is 3. The fraction of sp³-hybridized carbons (Fsp3) is 0.259. The van der Waals surface area contributed by atoms with Crippen molar-refractivity contribution in [3.63, 3.8) is 0 Å². The van der Waals surface area contributed by atoms with Crippen LogP contribution in [0, 0.1) is 6.92 Å². The quantitative estimate of drug-likeness (QED) is 0.248. The van der Waals surface area contributed by atoms with E-state index >= 15 is 0 Å². The van der Waals surface area contributed by atoms with Crippen LogP contribution in [0.15, 0.2) is 54.2 Å². The molecular formula is C27H24F3N5O2S. The zero-order chi connectivity index (χ0) is 26.9. The van der Waals surface area contributed by atoms with E-state index in [2.05, 4.69) is 25.9 Å². The third kappa shape index (κ3) is 5.47. The fourth-order valence-electron chi connectivity index (χ4n) is 4.44. The number of carbonyl (C=O) groups excluding carboxylic acids is 2. The first kappa shape index (κ1) is 25.7. The number of aryl methyl sites for hydroxylation is 1. The second kappa shape index (κ2) is 10.4. The summed E-state index contributed by atoms with van der Waals surface area (Å²) in [5.74, 6) is -0.340. The van der Waals surface area contributed by atoms with Crippen LogP contribution in [0.1, 0.15) is 57.5 Å². The summed E-state index contributed by atoms with van der Waals surface area (Å²) in [4.78, 5) is 34.5. The minimum Gasteiger partial charge on any atom is -0.366 e. The van der Waals surface area contributed by atoms with E-state index in [1.807, 2.05) is 0 Å². The van der Waals surface area contributed by atoms with Crippen LogP contribution in [-0.4, -0.2) is 27.8 Å². The predicted octanol–water partition coefficient (Wildman–Crippen LogP) is 6.88. The van der Waals surface area contributed by atoms with Crippen LogP contribution in [0.3, 0.4) is 0 Å². The average molecular weight is 540 g/mol. The molecule has 0 spiro atoms. The van der Waals surface area contributed by atoms with Gasteiger partial charge < -0.3 is 16.0 Å². The van der Waals surface area contributed by atoms with Crippen molar-refractivity contribution in [1.82, 2.24) is 9.97 Å². The number of amides is 2. The molecule has 2 amide bonds. The van der Waals surface area contributed by atoms with Crippen molar-refractivity contribution >= 4 is 50.6 Å². The number of benzene rings is 2. The van der Waals surface area contributed by atoms with Crippen LogP contribution in [0.5, 0.6) is 0 Å². The van der Waals surface area contributed by atoms with Crippen molar-refractivity contribution in [2.45, 2.75) is 44.8 Å². The van der Waals surface area contributed by atoms with Gasteiger partial charge in [-0.3, -0.25) is 9.59 Å². The van der Waals surface area contributed by atoms with Crippen LogP contribution in [0.25, 0.3) is 10.2 Å². The van der Waals surface area contributed by atoms with E-state index in [0.717, 1.165) is 41.1 Å². The Balaban J connectivity index is 1.33. The van der Waals surface area contributed by atoms with Crippen molar-refractivity contribution in [2.24, 2.45) is 0 Å². The number of hydrogen-bond acceptors (Lipinski definition) is 6. The number of nitrogens with one attached hydrogen (secondary N) is 3. The van der Waals surface area contributed by atoms with Gasteiger partial charge >= 0.3 is 6.18 Å². The maximum Gasteiger partial charge on any atom is 0.416 e. The predicted molar refractivity (Wildman–Crippen MR) is 142 cm³/mol. The smallest absolute Gasteiger partial charge is 0.366 e. The van der Waals surface area contributed by atoms with Gasteiger partial charge in [-0.2, -0.15) is 13.2 Å². The summed E-state index contributed by atoms with van der Waals surface area (Å²) in [6, 6.07) is 9.44. The monoisotopic (exact) mass is 539 g/mol. The summed E-state index contributed by atoms with van der Waals surface area (Å²) < 4.78 is 39.9. The van der Waals surface area contributed by atoms with Gasteiger partial charge in [0.2, 0.25) is 0 Å². The Hall–Kier alpha value is -3.99. The van der Waals surface area contributed by atoms with Crippen molar-refractivity contribution in [3.8, 4) is 0 Å². The molecule has 2 heterocycles. The van der Waals surface area contributed by atoms with Crippen molar-refractivity contribution in [3.05, 3.63) is 76.4 Å². The maximum atomic E-state index is 13.2. The highest BCUT2D eigenvalue weighted by Gasteiger charge is 2.31. The highest BCUT2D eigenvalue weighted by Crippen LogP contribution is 2.33. The van der Waals surface area contributed by atoms with E-state index in [4.69, 9.17) is 0 Å². The summed E-state index contributed by atoms with van der Waals surface area (Å²) in [5, 5.41) is 10.7. The molecule has 5 rings (SSSR count). The molecule has 1 saturated carbocycles. The van der Waals surface area contributed by atoms with Crippen LogP contribution < -0.4 is 16.0 Å². The lowest BCUT2D eigenvalue weighted by atomic mass is 10.1. The highest BCUT2D eigenvalue weighted by atomic mass is 32.1. The number of thiophene rings is 1. The van der Waals surface area contributed by atoms with Gasteiger partial charge in [-0.15, -0.1) is 11.3 Å². The number of fused-ring (bicyclic) bond motifs is 1. The number of rotatable bonds is 6. The Morgan fingerprint density at radius 3 is 2.55 bits per heavy atom. The Labute approximate surface area is 220 Å². The van der Waals surface area contributed by atoms with Gasteiger partial charge in [-0.25, -0.2) is 9.97 Å². The highest BCUT2D eigenvalue weighted by molar-refractivity contribution is 7.18. The first-order valence-electron chi connectivity index (χ1n) is 12.1. The normalized spacial score (nSPS) is 14.0. The summed E-state index contributed by atoms with van der Waals surface area (Å²) >= 11 is 1.39. The third-order valence-corrected chi connectivity index (χ3v) is 7.47. The molecule has 0 radical (unpaired) electrons. The SMILES string of the molecule is Cc1ccc(NC(=O)c2cccc(C(F)(F)F)c2)cc1NC(=O)c1csc2c(NC3CCCC3)ncnc12. The Bertz CT molecular complexity index is 1510. The van der Waals surface area contributed by atoms with Crippen LogP contribution in [-0.2, 0) is 6.18 Å². The molecule has 2 aromatic heterocycles. The van der Waals surface area contributed by atoms with E-state index in [-0.39, 0.29) is 11.5 Å². The number of carbonyl (C=O) groups is 2. The van der Waals surface area contributed by atoms with E-state index in [1.165, 1.54) is 42.6 Å². The Kier molecular flexibility index (Phi) is 7.02. The van der Waals surface area contributed by atoms with E-state index < -0.39 is 17.6 Å². The van der Waals surface area contributed by atoms with Gasteiger partial charge in [-0.1, -0.05) is 25.0 Å². The minimum absolute atomic E-state index is 0.127. The molecule has 38 heavy (non-hydrogen) atoms. The summed E-state index contributed by atoms with van der Waals surface area (Å²) in [5.41, 5.74) is 1.44.